The Kier molecular flexibility index (Phi) is 8.78. The molecular formula is C16H22Zr. The van der Waals surface area contributed by atoms with Gasteiger partial charge in [0.25, 0.3) is 0 Å². The molecule has 0 atom stereocenters. The summed E-state index contributed by atoms with van der Waals surface area (Å²) >= 11 is 0. The summed E-state index contributed by atoms with van der Waals surface area (Å²) in [4.78, 5) is 0. The summed E-state index contributed by atoms with van der Waals surface area (Å²) in [6.07, 6.45) is 15.3. The third-order valence-corrected chi connectivity index (χ3v) is 2.94. The molecule has 0 aliphatic heterocycles. The van der Waals surface area contributed by atoms with Gasteiger partial charge < -0.3 is 0 Å². The molecule has 0 heterocycles. The van der Waals surface area contributed by atoms with Crippen molar-refractivity contribution in [1.82, 2.24) is 0 Å². The molecule has 0 fully saturated rings. The van der Waals surface area contributed by atoms with Gasteiger partial charge in [0.2, 0.25) is 0 Å². The van der Waals surface area contributed by atoms with E-state index >= 15 is 0 Å². The van der Waals surface area contributed by atoms with Gasteiger partial charge in [-0.1, -0.05) is 40.5 Å². The van der Waals surface area contributed by atoms with Gasteiger partial charge >= 0.3 is 26.2 Å². The van der Waals surface area contributed by atoms with Crippen molar-refractivity contribution in [2.75, 3.05) is 0 Å². The van der Waals surface area contributed by atoms with Gasteiger partial charge in [0.1, 0.15) is 0 Å². The average molecular weight is 306 g/mol. The minimum absolute atomic E-state index is 0. The normalized spacial score (nSPS) is 17.2. The first kappa shape index (κ1) is 16.8. The monoisotopic (exact) mass is 304 g/mol. The van der Waals surface area contributed by atoms with Crippen LogP contribution >= 0.6 is 0 Å². The van der Waals surface area contributed by atoms with Gasteiger partial charge in [0, 0.05) is 0 Å². The largest absolute Gasteiger partial charge is 2.00 e. The molecule has 1 heteroatoms. The van der Waals surface area contributed by atoms with Gasteiger partial charge in [0.05, 0.1) is 0 Å². The van der Waals surface area contributed by atoms with E-state index < -0.39 is 0 Å². The van der Waals surface area contributed by atoms with Crippen molar-refractivity contribution in [3.63, 3.8) is 0 Å². The van der Waals surface area contributed by atoms with Gasteiger partial charge in [0.15, 0.2) is 0 Å². The zero-order valence-electron chi connectivity index (χ0n) is 11.5. The molecule has 0 nitrogen and oxygen atoms in total. The van der Waals surface area contributed by atoms with E-state index in [-0.39, 0.29) is 26.2 Å². The van der Waals surface area contributed by atoms with E-state index in [1.54, 1.807) is 0 Å². The van der Waals surface area contributed by atoms with E-state index in [4.69, 9.17) is 0 Å². The number of allylic oxidation sites excluding steroid dienone is 8. The van der Waals surface area contributed by atoms with Crippen molar-refractivity contribution >= 4 is 0 Å². The standard InChI is InChI=1S/2C8H11.Zr/c2*1-3-8-5-4-7(2)6-8;/h2*5H,3,6H2,1-2H3;/q2*-1;+2. The summed E-state index contributed by atoms with van der Waals surface area (Å²) in [5, 5.41) is 0. The zero-order chi connectivity index (χ0) is 12.0. The van der Waals surface area contributed by atoms with Crippen molar-refractivity contribution < 1.29 is 26.2 Å². The maximum atomic E-state index is 3.18. The van der Waals surface area contributed by atoms with Crippen LogP contribution in [0.3, 0.4) is 0 Å². The fourth-order valence-electron chi connectivity index (χ4n) is 1.79. The van der Waals surface area contributed by atoms with Gasteiger partial charge in [-0.25, -0.2) is 23.3 Å². The van der Waals surface area contributed by atoms with Gasteiger partial charge in [-0.2, -0.15) is 11.1 Å². The van der Waals surface area contributed by atoms with Crippen molar-refractivity contribution in [3.8, 4) is 0 Å². The topological polar surface area (TPSA) is 0 Å². The van der Waals surface area contributed by atoms with E-state index in [1.165, 1.54) is 35.1 Å². The molecule has 2 aliphatic carbocycles. The molecule has 0 N–H and O–H groups in total. The number of rotatable bonds is 2. The van der Waals surface area contributed by atoms with Crippen LogP contribution in [0.15, 0.2) is 34.4 Å². The van der Waals surface area contributed by atoms with Gasteiger partial charge in [-0.05, 0) is 0 Å². The maximum Gasteiger partial charge on any atom is 2.00 e. The summed E-state index contributed by atoms with van der Waals surface area (Å²) in [6.45, 7) is 8.62. The predicted octanol–water partition coefficient (Wildman–Crippen LogP) is 4.95. The van der Waals surface area contributed by atoms with Crippen LogP contribution in [0.1, 0.15) is 53.4 Å². The van der Waals surface area contributed by atoms with Gasteiger partial charge in [-0.15, -0.1) is 12.8 Å². The van der Waals surface area contributed by atoms with Crippen LogP contribution in [0.5, 0.6) is 0 Å². The quantitative estimate of drug-likeness (QED) is 0.633. The molecule has 2 aliphatic rings. The van der Waals surface area contributed by atoms with Crippen molar-refractivity contribution in [3.05, 3.63) is 46.6 Å². The summed E-state index contributed by atoms with van der Waals surface area (Å²) in [7, 11) is 0. The van der Waals surface area contributed by atoms with Crippen LogP contribution in [0.25, 0.3) is 0 Å². The van der Waals surface area contributed by atoms with E-state index in [9.17, 15) is 0 Å². The van der Waals surface area contributed by atoms with Crippen molar-refractivity contribution in [2.24, 2.45) is 0 Å². The van der Waals surface area contributed by atoms with E-state index in [0.717, 1.165) is 12.8 Å². The van der Waals surface area contributed by atoms with Gasteiger partial charge in [-0.3, -0.25) is 12.2 Å². The molecular weight excluding hydrogens is 283 g/mol. The second-order valence-electron chi connectivity index (χ2n) is 4.52. The Bertz CT molecular complexity index is 318. The Morgan fingerprint density at radius 3 is 1.35 bits per heavy atom. The zero-order valence-corrected chi connectivity index (χ0v) is 13.9. The number of hydrogen-bond donors (Lipinski definition) is 0. The molecule has 90 valence electrons. The third-order valence-electron chi connectivity index (χ3n) is 2.94. The second kappa shape index (κ2) is 8.86. The molecule has 2 rings (SSSR count). The van der Waals surface area contributed by atoms with E-state index in [0.29, 0.717) is 0 Å². The summed E-state index contributed by atoms with van der Waals surface area (Å²) in [5.41, 5.74) is 5.79. The first-order valence-corrected chi connectivity index (χ1v) is 6.19. The maximum absolute atomic E-state index is 3.18. The molecule has 0 aromatic rings. The molecule has 0 unspecified atom stereocenters. The smallest absolute Gasteiger partial charge is 0.253 e. The van der Waals surface area contributed by atoms with Crippen LogP contribution < -0.4 is 0 Å². The molecule has 0 amide bonds. The molecule has 0 saturated heterocycles. The van der Waals surface area contributed by atoms with E-state index in [1.807, 2.05) is 0 Å². The van der Waals surface area contributed by atoms with Crippen LogP contribution in [0.4, 0.5) is 0 Å². The van der Waals surface area contributed by atoms with Crippen molar-refractivity contribution in [1.29, 1.82) is 0 Å². The molecule has 0 bridgehead atoms. The summed E-state index contributed by atoms with van der Waals surface area (Å²) in [5.74, 6) is 0. The van der Waals surface area contributed by atoms with Crippen LogP contribution in [0, 0.1) is 12.2 Å². The fourth-order valence-corrected chi connectivity index (χ4v) is 1.79. The molecule has 0 aromatic heterocycles. The Morgan fingerprint density at radius 1 is 0.882 bits per heavy atom. The molecule has 0 spiro atoms. The average Bonchev–Trinajstić information content (AvgIpc) is 2.88. The Balaban J connectivity index is 0.000000284. The third kappa shape index (κ3) is 6.36. The minimum Gasteiger partial charge on any atom is -0.253 e. The van der Waals surface area contributed by atoms with Crippen LogP contribution in [-0.2, 0) is 26.2 Å². The van der Waals surface area contributed by atoms with Crippen LogP contribution in [-0.4, -0.2) is 0 Å². The fraction of sp³-hybridized carbons (Fsp3) is 0.500. The van der Waals surface area contributed by atoms with Crippen LogP contribution in [0.2, 0.25) is 0 Å². The Labute approximate surface area is 126 Å². The minimum atomic E-state index is 0. The summed E-state index contributed by atoms with van der Waals surface area (Å²) in [6, 6.07) is 0. The first-order valence-electron chi connectivity index (χ1n) is 6.19. The first-order chi connectivity index (χ1) is 7.65. The molecule has 0 saturated carbocycles. The van der Waals surface area contributed by atoms with Crippen molar-refractivity contribution in [2.45, 2.75) is 53.4 Å². The molecule has 0 radical (unpaired) electrons. The van der Waals surface area contributed by atoms with E-state index in [2.05, 4.69) is 52.0 Å². The summed E-state index contributed by atoms with van der Waals surface area (Å²) < 4.78 is 0. The predicted molar refractivity (Wildman–Crippen MR) is 70.8 cm³/mol. The number of hydrogen-bond acceptors (Lipinski definition) is 0. The SMILES string of the molecule is CCC1=C[C-]=C(C)C1.CCC1=C[C-]=C(C)C1.[Zr+2]. The second-order valence-corrected chi connectivity index (χ2v) is 4.52. The molecule has 17 heavy (non-hydrogen) atoms. The Hall–Kier alpha value is -0.157. The Morgan fingerprint density at radius 2 is 1.24 bits per heavy atom. The molecule has 0 aromatic carbocycles.